The van der Waals surface area contributed by atoms with Gasteiger partial charge in [-0.2, -0.15) is 4.98 Å². The van der Waals surface area contributed by atoms with Crippen LogP contribution in [0.2, 0.25) is 10.0 Å². The van der Waals surface area contributed by atoms with Gasteiger partial charge in [0.1, 0.15) is 16.5 Å². The molecule has 2 heterocycles. The molecule has 1 aromatic carbocycles. The highest BCUT2D eigenvalue weighted by Crippen LogP contribution is 2.33. The van der Waals surface area contributed by atoms with Crippen LogP contribution in [0.1, 0.15) is 24.3 Å². The molecule has 3 aromatic rings. The predicted octanol–water partition coefficient (Wildman–Crippen LogP) is 2.64. The Morgan fingerprint density at radius 2 is 1.90 bits per heavy atom. The second kappa shape index (κ2) is 8.35. The van der Waals surface area contributed by atoms with Gasteiger partial charge in [-0.1, -0.05) is 40.1 Å². The number of hydrogen-bond acceptors (Lipinski definition) is 7. The number of thioether (sulfide) groups is 1. The molecule has 1 atom stereocenters. The molecule has 0 aliphatic carbocycles. The van der Waals surface area contributed by atoms with Crippen molar-refractivity contribution >= 4 is 35.0 Å². The zero-order valence-corrected chi connectivity index (χ0v) is 18.2. The molecule has 29 heavy (non-hydrogen) atoms. The van der Waals surface area contributed by atoms with E-state index in [2.05, 4.69) is 10.1 Å². The van der Waals surface area contributed by atoms with Crippen LogP contribution in [0.25, 0.3) is 0 Å². The lowest BCUT2D eigenvalue weighted by Gasteiger charge is -2.20. The molecular formula is C18H18Cl2N4O4S. The first-order valence-corrected chi connectivity index (χ1v) is 10.1. The summed E-state index contributed by atoms with van der Waals surface area (Å²) in [6, 6.07) is 7.06. The van der Waals surface area contributed by atoms with Gasteiger partial charge in [-0.25, -0.2) is 9.36 Å². The van der Waals surface area contributed by atoms with Crippen LogP contribution in [0.3, 0.4) is 0 Å². The van der Waals surface area contributed by atoms with Crippen molar-refractivity contribution in [3.05, 3.63) is 72.6 Å². The molecule has 2 aromatic heterocycles. The van der Waals surface area contributed by atoms with E-state index in [1.54, 1.807) is 38.1 Å². The van der Waals surface area contributed by atoms with Crippen molar-refractivity contribution in [1.82, 2.24) is 19.3 Å². The van der Waals surface area contributed by atoms with E-state index in [9.17, 15) is 14.7 Å². The molecule has 0 bridgehead atoms. The Labute approximate surface area is 180 Å². The fourth-order valence-electron chi connectivity index (χ4n) is 2.62. The van der Waals surface area contributed by atoms with E-state index >= 15 is 0 Å². The summed E-state index contributed by atoms with van der Waals surface area (Å²) in [7, 11) is 1.52. The van der Waals surface area contributed by atoms with E-state index in [-0.39, 0.29) is 29.7 Å². The number of rotatable bonds is 6. The summed E-state index contributed by atoms with van der Waals surface area (Å²) in [5.74, 6) is 0.306. The largest absolute Gasteiger partial charge is 0.379 e. The van der Waals surface area contributed by atoms with E-state index in [0.717, 1.165) is 9.46 Å². The molecule has 3 rings (SSSR count). The second-order valence-corrected chi connectivity index (χ2v) is 9.01. The summed E-state index contributed by atoms with van der Waals surface area (Å²) < 4.78 is 7.35. The molecule has 0 amide bonds. The minimum absolute atomic E-state index is 0.0471. The predicted molar refractivity (Wildman–Crippen MR) is 111 cm³/mol. The molecule has 8 nitrogen and oxygen atoms in total. The maximum absolute atomic E-state index is 12.4. The van der Waals surface area contributed by atoms with Crippen molar-refractivity contribution < 1.29 is 9.63 Å². The second-order valence-electron chi connectivity index (χ2n) is 6.64. The molecule has 0 fully saturated rings. The lowest BCUT2D eigenvalue weighted by atomic mass is 10.3. The van der Waals surface area contributed by atoms with Crippen LogP contribution in [-0.2, 0) is 20.0 Å². The first kappa shape index (κ1) is 21.6. The third kappa shape index (κ3) is 4.92. The van der Waals surface area contributed by atoms with Gasteiger partial charge in [0.25, 0.3) is 5.56 Å². The van der Waals surface area contributed by atoms with E-state index in [4.69, 9.17) is 27.7 Å². The van der Waals surface area contributed by atoms with Crippen molar-refractivity contribution in [3.63, 3.8) is 0 Å². The molecular weight excluding hydrogens is 439 g/mol. The zero-order chi connectivity index (χ0) is 21.3. The van der Waals surface area contributed by atoms with Gasteiger partial charge in [0.05, 0.1) is 0 Å². The molecule has 0 radical (unpaired) electrons. The van der Waals surface area contributed by atoms with Crippen LogP contribution >= 0.6 is 35.0 Å². The minimum atomic E-state index is -1.21. The lowest BCUT2D eigenvalue weighted by Crippen LogP contribution is -2.40. The lowest BCUT2D eigenvalue weighted by molar-refractivity contribution is 0.154. The number of aromatic nitrogens is 4. The van der Waals surface area contributed by atoms with Gasteiger partial charge in [0, 0.05) is 29.1 Å². The highest BCUT2D eigenvalue weighted by Gasteiger charge is 2.26. The van der Waals surface area contributed by atoms with Crippen LogP contribution in [-0.4, -0.2) is 29.3 Å². The average Bonchev–Trinajstić information content (AvgIpc) is 3.10. The maximum atomic E-state index is 12.4. The third-order valence-corrected chi connectivity index (χ3v) is 5.99. The van der Waals surface area contributed by atoms with E-state index in [1.807, 2.05) is 0 Å². The molecule has 0 saturated heterocycles. The fraction of sp³-hybridized carbons (Fsp3) is 0.333. The molecule has 11 heteroatoms. The fourth-order valence-corrected chi connectivity index (χ4v) is 3.95. The normalized spacial score (nSPS) is 13.4. The van der Waals surface area contributed by atoms with Crippen LogP contribution in [0.15, 0.2) is 43.3 Å². The molecule has 1 N–H and O–H groups in total. The van der Waals surface area contributed by atoms with Crippen LogP contribution in [0.4, 0.5) is 0 Å². The monoisotopic (exact) mass is 456 g/mol. The number of aliphatic hydroxyl groups is 1. The summed E-state index contributed by atoms with van der Waals surface area (Å²) in [5, 5.41) is 15.1. The minimum Gasteiger partial charge on any atom is -0.379 e. The van der Waals surface area contributed by atoms with E-state index < -0.39 is 16.2 Å². The highest BCUT2D eigenvalue weighted by molar-refractivity contribution is 8.00. The van der Waals surface area contributed by atoms with Gasteiger partial charge in [0.15, 0.2) is 5.82 Å². The molecule has 0 aliphatic heterocycles. The summed E-state index contributed by atoms with van der Waals surface area (Å²) in [6.45, 7) is 2.99. The maximum Gasteiger partial charge on any atom is 0.331 e. The van der Waals surface area contributed by atoms with Crippen molar-refractivity contribution in [2.45, 2.75) is 36.6 Å². The van der Waals surface area contributed by atoms with Crippen LogP contribution < -0.4 is 11.2 Å². The number of hydrogen-bond donors (Lipinski definition) is 1. The highest BCUT2D eigenvalue weighted by atomic mass is 35.5. The first-order valence-electron chi connectivity index (χ1n) is 8.52. The SMILES string of the molecule is Cc1c(Cl)c(=O)n(Cc2nc(CC(C)(O)Sc3ccc(Cl)cc3)no2)c(=O)n1C. The Morgan fingerprint density at radius 1 is 1.24 bits per heavy atom. The van der Waals surface area contributed by atoms with Gasteiger partial charge in [-0.15, -0.1) is 0 Å². The van der Waals surface area contributed by atoms with Gasteiger partial charge >= 0.3 is 5.69 Å². The topological polar surface area (TPSA) is 103 Å². The van der Waals surface area contributed by atoms with Gasteiger partial charge in [-0.05, 0) is 38.1 Å². The Balaban J connectivity index is 1.77. The van der Waals surface area contributed by atoms with Crippen molar-refractivity contribution in [2.75, 3.05) is 0 Å². The van der Waals surface area contributed by atoms with Crippen molar-refractivity contribution in [1.29, 1.82) is 0 Å². The third-order valence-electron chi connectivity index (χ3n) is 4.21. The number of benzene rings is 1. The summed E-state index contributed by atoms with van der Waals surface area (Å²) in [4.78, 5) is 28.5. The van der Waals surface area contributed by atoms with E-state index in [1.165, 1.54) is 23.4 Å². The Hall–Kier alpha value is -2.07. The standard InChI is InChI=1S/C18H18Cl2N4O4S/c1-10-15(20)16(25)24(17(26)23(10)3)9-14-21-13(22-28-14)8-18(2,27)29-12-6-4-11(19)5-7-12/h4-7,27H,8-9H2,1-3H3. The van der Waals surface area contributed by atoms with Crippen molar-refractivity contribution in [2.24, 2.45) is 7.05 Å². The van der Waals surface area contributed by atoms with Gasteiger partial charge in [-0.3, -0.25) is 9.36 Å². The zero-order valence-electron chi connectivity index (χ0n) is 15.8. The van der Waals surface area contributed by atoms with Gasteiger partial charge in [0.2, 0.25) is 5.89 Å². The molecule has 1 unspecified atom stereocenters. The molecule has 0 aliphatic rings. The molecule has 0 spiro atoms. The summed E-state index contributed by atoms with van der Waals surface area (Å²) in [6.07, 6.45) is 0.0886. The average molecular weight is 457 g/mol. The Morgan fingerprint density at radius 3 is 2.55 bits per heavy atom. The summed E-state index contributed by atoms with van der Waals surface area (Å²) in [5.41, 5.74) is -0.793. The first-order chi connectivity index (χ1) is 13.6. The quantitative estimate of drug-likeness (QED) is 0.448. The van der Waals surface area contributed by atoms with Gasteiger partial charge < -0.3 is 9.63 Å². The van der Waals surface area contributed by atoms with Crippen molar-refractivity contribution in [3.8, 4) is 0 Å². The number of halogens is 2. The smallest absolute Gasteiger partial charge is 0.331 e. The summed E-state index contributed by atoms with van der Waals surface area (Å²) >= 11 is 13.1. The van der Waals surface area contributed by atoms with Crippen LogP contribution in [0.5, 0.6) is 0 Å². The number of nitrogens with zero attached hydrogens (tertiary/aromatic N) is 4. The van der Waals surface area contributed by atoms with Crippen LogP contribution in [0, 0.1) is 6.92 Å². The Bertz CT molecular complexity index is 1110. The molecule has 0 saturated carbocycles. The molecule has 154 valence electrons. The Kier molecular flexibility index (Phi) is 6.23. The van der Waals surface area contributed by atoms with E-state index in [0.29, 0.717) is 10.7 Å².